The lowest BCUT2D eigenvalue weighted by molar-refractivity contribution is 0.344. The quantitative estimate of drug-likeness (QED) is 0.912. The summed E-state index contributed by atoms with van der Waals surface area (Å²) in [6.07, 6.45) is 1.76. The molecule has 2 atom stereocenters. The number of rotatable bonds is 3. The second-order valence-corrected chi connectivity index (χ2v) is 5.82. The summed E-state index contributed by atoms with van der Waals surface area (Å²) in [7, 11) is 1.98. The number of thioether (sulfide) groups is 1. The molecule has 0 saturated carbocycles. The molecular weight excluding hydrogens is 256 g/mol. The highest BCUT2D eigenvalue weighted by Gasteiger charge is 2.32. The fraction of sp³-hybridized carbons (Fsp3) is 0.500. The van der Waals surface area contributed by atoms with E-state index in [9.17, 15) is 0 Å². The third kappa shape index (κ3) is 2.10. The van der Waals surface area contributed by atoms with Gasteiger partial charge in [-0.3, -0.25) is 4.98 Å². The highest BCUT2D eigenvalue weighted by molar-refractivity contribution is 7.99. The van der Waals surface area contributed by atoms with Crippen molar-refractivity contribution in [1.29, 1.82) is 0 Å². The largest absolute Gasteiger partial charge is 0.339 e. The lowest BCUT2D eigenvalue weighted by Gasteiger charge is -2.13. The molecule has 90 valence electrons. The van der Waals surface area contributed by atoms with Crippen molar-refractivity contribution in [3.05, 3.63) is 17.6 Å². The van der Waals surface area contributed by atoms with E-state index in [1.165, 1.54) is 11.3 Å². The Labute approximate surface area is 107 Å². The minimum Gasteiger partial charge on any atom is -0.339 e. The average molecular weight is 268 g/mol. The standard InChI is InChI=1S/C10H12N4OS2/c1-11-7-4-16-3-6(7)10-13-9(14-15-10)8-2-12-5-17-8/h2,5-7,11H,3-4H2,1H3. The smallest absolute Gasteiger partial charge is 0.232 e. The van der Waals surface area contributed by atoms with E-state index in [0.717, 1.165) is 22.3 Å². The summed E-state index contributed by atoms with van der Waals surface area (Å²) in [5.74, 6) is 3.83. The summed E-state index contributed by atoms with van der Waals surface area (Å²) < 4.78 is 5.37. The molecule has 7 heteroatoms. The van der Waals surface area contributed by atoms with Crippen molar-refractivity contribution in [2.45, 2.75) is 12.0 Å². The van der Waals surface area contributed by atoms with E-state index in [0.29, 0.717) is 17.8 Å². The van der Waals surface area contributed by atoms with E-state index in [2.05, 4.69) is 20.4 Å². The fourth-order valence-electron chi connectivity index (χ4n) is 1.89. The van der Waals surface area contributed by atoms with Gasteiger partial charge in [0.1, 0.15) is 0 Å². The van der Waals surface area contributed by atoms with Crippen LogP contribution in [0.4, 0.5) is 0 Å². The van der Waals surface area contributed by atoms with Gasteiger partial charge in [0.05, 0.1) is 16.3 Å². The van der Waals surface area contributed by atoms with Gasteiger partial charge in [-0.1, -0.05) is 5.16 Å². The lowest BCUT2D eigenvalue weighted by Crippen LogP contribution is -2.30. The minimum atomic E-state index is 0.319. The van der Waals surface area contributed by atoms with Crippen LogP contribution in [0.3, 0.4) is 0 Å². The molecule has 5 nitrogen and oxygen atoms in total. The van der Waals surface area contributed by atoms with Gasteiger partial charge in [-0.2, -0.15) is 16.7 Å². The van der Waals surface area contributed by atoms with Gasteiger partial charge in [-0.05, 0) is 7.05 Å². The van der Waals surface area contributed by atoms with Crippen LogP contribution in [-0.4, -0.2) is 39.7 Å². The van der Waals surface area contributed by atoms with Crippen LogP contribution < -0.4 is 5.32 Å². The summed E-state index contributed by atoms with van der Waals surface area (Å²) in [6.45, 7) is 0. The molecule has 17 heavy (non-hydrogen) atoms. The number of thiazole rings is 1. The molecular formula is C10H12N4OS2. The van der Waals surface area contributed by atoms with E-state index in [1.54, 1.807) is 11.7 Å². The monoisotopic (exact) mass is 268 g/mol. The first-order valence-electron chi connectivity index (χ1n) is 5.36. The molecule has 1 aliphatic heterocycles. The third-order valence-electron chi connectivity index (χ3n) is 2.86. The molecule has 2 aromatic rings. The molecule has 3 rings (SSSR count). The van der Waals surface area contributed by atoms with Crippen LogP contribution in [0.2, 0.25) is 0 Å². The molecule has 1 aliphatic rings. The first-order valence-corrected chi connectivity index (χ1v) is 7.39. The Kier molecular flexibility index (Phi) is 3.13. The molecule has 0 amide bonds. The number of aromatic nitrogens is 3. The highest BCUT2D eigenvalue weighted by Crippen LogP contribution is 2.33. The lowest BCUT2D eigenvalue weighted by atomic mass is 10.0. The van der Waals surface area contributed by atoms with Gasteiger partial charge in [-0.25, -0.2) is 0 Å². The predicted octanol–water partition coefficient (Wildman–Crippen LogP) is 1.61. The van der Waals surface area contributed by atoms with Crippen LogP contribution in [0.15, 0.2) is 16.2 Å². The number of nitrogens with one attached hydrogen (secondary N) is 1. The SMILES string of the molecule is CNC1CSCC1c1nc(-c2cncs2)no1. The maximum absolute atomic E-state index is 5.37. The molecule has 1 N–H and O–H groups in total. The Balaban J connectivity index is 1.85. The second kappa shape index (κ2) is 4.75. The van der Waals surface area contributed by atoms with Crippen molar-refractivity contribution in [3.8, 4) is 10.7 Å². The van der Waals surface area contributed by atoms with Gasteiger partial charge in [0.15, 0.2) is 0 Å². The molecule has 2 unspecified atom stereocenters. The molecule has 2 aromatic heterocycles. The normalized spacial score (nSPS) is 24.3. The summed E-state index contributed by atoms with van der Waals surface area (Å²) >= 11 is 3.44. The maximum atomic E-state index is 5.37. The van der Waals surface area contributed by atoms with E-state index in [-0.39, 0.29) is 0 Å². The summed E-state index contributed by atoms with van der Waals surface area (Å²) in [5.41, 5.74) is 1.77. The van der Waals surface area contributed by atoms with E-state index in [1.807, 2.05) is 18.8 Å². The van der Waals surface area contributed by atoms with Crippen LogP contribution in [-0.2, 0) is 0 Å². The maximum Gasteiger partial charge on any atom is 0.232 e. The number of nitrogens with zero attached hydrogens (tertiary/aromatic N) is 3. The van der Waals surface area contributed by atoms with Crippen LogP contribution in [0.5, 0.6) is 0 Å². The van der Waals surface area contributed by atoms with Crippen molar-refractivity contribution >= 4 is 23.1 Å². The Morgan fingerprint density at radius 3 is 3.18 bits per heavy atom. The Morgan fingerprint density at radius 1 is 1.47 bits per heavy atom. The zero-order chi connectivity index (χ0) is 11.7. The molecule has 0 aliphatic carbocycles. The van der Waals surface area contributed by atoms with Crippen LogP contribution >= 0.6 is 23.1 Å². The Hall–Kier alpha value is -0.920. The van der Waals surface area contributed by atoms with Crippen molar-refractivity contribution in [2.75, 3.05) is 18.6 Å². The van der Waals surface area contributed by atoms with Crippen molar-refractivity contribution in [1.82, 2.24) is 20.4 Å². The Morgan fingerprint density at radius 2 is 2.41 bits per heavy atom. The van der Waals surface area contributed by atoms with Gasteiger partial charge in [-0.15, -0.1) is 11.3 Å². The van der Waals surface area contributed by atoms with Crippen LogP contribution in [0.1, 0.15) is 11.8 Å². The van der Waals surface area contributed by atoms with Gasteiger partial charge in [0.25, 0.3) is 0 Å². The van der Waals surface area contributed by atoms with Gasteiger partial charge in [0, 0.05) is 23.7 Å². The molecule has 0 bridgehead atoms. The van der Waals surface area contributed by atoms with Gasteiger partial charge < -0.3 is 9.84 Å². The summed E-state index contributed by atoms with van der Waals surface area (Å²) in [5, 5.41) is 7.32. The van der Waals surface area contributed by atoms with Crippen LogP contribution in [0, 0.1) is 0 Å². The first-order chi connectivity index (χ1) is 8.38. The topological polar surface area (TPSA) is 63.8 Å². The minimum absolute atomic E-state index is 0.319. The number of hydrogen-bond donors (Lipinski definition) is 1. The average Bonchev–Trinajstić information content (AvgIpc) is 3.09. The van der Waals surface area contributed by atoms with Crippen molar-refractivity contribution in [3.63, 3.8) is 0 Å². The molecule has 3 heterocycles. The van der Waals surface area contributed by atoms with E-state index in [4.69, 9.17) is 4.52 Å². The first kappa shape index (κ1) is 11.2. The molecule has 1 saturated heterocycles. The molecule has 1 fully saturated rings. The van der Waals surface area contributed by atoms with Gasteiger partial charge >= 0.3 is 0 Å². The highest BCUT2D eigenvalue weighted by atomic mass is 32.2. The van der Waals surface area contributed by atoms with Crippen LogP contribution in [0.25, 0.3) is 10.7 Å². The van der Waals surface area contributed by atoms with Gasteiger partial charge in [0.2, 0.25) is 11.7 Å². The predicted molar refractivity (Wildman–Crippen MR) is 68.3 cm³/mol. The molecule has 0 spiro atoms. The fourth-order valence-corrected chi connectivity index (χ4v) is 3.86. The second-order valence-electron chi connectivity index (χ2n) is 3.86. The third-order valence-corrected chi connectivity index (χ3v) is 4.82. The van der Waals surface area contributed by atoms with E-state index < -0.39 is 0 Å². The molecule has 0 radical (unpaired) electrons. The Bertz CT molecular complexity index is 484. The van der Waals surface area contributed by atoms with Crippen molar-refractivity contribution < 1.29 is 4.52 Å². The van der Waals surface area contributed by atoms with Crippen molar-refractivity contribution in [2.24, 2.45) is 0 Å². The zero-order valence-electron chi connectivity index (χ0n) is 9.29. The zero-order valence-corrected chi connectivity index (χ0v) is 10.9. The number of likely N-dealkylation sites (N-methyl/N-ethyl adjacent to an activating group) is 1. The molecule has 0 aromatic carbocycles. The van der Waals surface area contributed by atoms with E-state index >= 15 is 0 Å². The summed E-state index contributed by atoms with van der Waals surface area (Å²) in [6, 6.07) is 0.426. The summed E-state index contributed by atoms with van der Waals surface area (Å²) in [4.78, 5) is 9.44. The number of hydrogen-bond acceptors (Lipinski definition) is 7.